The number of hydrogen-bond acceptors (Lipinski definition) is 4. The van der Waals surface area contributed by atoms with Crippen molar-refractivity contribution in [3.63, 3.8) is 0 Å². The minimum atomic E-state index is 0. The molecule has 0 spiro atoms. The van der Waals surface area contributed by atoms with Gasteiger partial charge < -0.3 is 15.0 Å². The van der Waals surface area contributed by atoms with Gasteiger partial charge in [0.25, 0.3) is 0 Å². The molecule has 294 valence electrons. The van der Waals surface area contributed by atoms with E-state index in [1.54, 1.807) is 0 Å². The molecule has 0 aliphatic rings. The van der Waals surface area contributed by atoms with Crippen LogP contribution in [0.15, 0.2) is 219 Å². The summed E-state index contributed by atoms with van der Waals surface area (Å²) in [6.45, 7) is 0. The Bertz CT molecular complexity index is 3080. The van der Waals surface area contributed by atoms with Crippen LogP contribution in [0.4, 0.5) is 0 Å². The number of hydrogen-bond donors (Lipinski definition) is 0. The first kappa shape index (κ1) is 40.3. The zero-order valence-electron chi connectivity index (χ0n) is 33.4. The van der Waals surface area contributed by atoms with Crippen LogP contribution in [-0.4, -0.2) is 15.0 Å². The molecule has 4 heterocycles. The van der Waals surface area contributed by atoms with Crippen molar-refractivity contribution < 1.29 is 20.1 Å². The van der Waals surface area contributed by atoms with Gasteiger partial charge in [0.2, 0.25) is 0 Å². The van der Waals surface area contributed by atoms with Gasteiger partial charge in [-0.15, -0.1) is 89.5 Å². The Balaban J connectivity index is 0.000000204. The van der Waals surface area contributed by atoms with Gasteiger partial charge in [0.15, 0.2) is 0 Å². The number of nitrogens with zero attached hydrogens (tertiary/aromatic N) is 3. The van der Waals surface area contributed by atoms with Crippen LogP contribution in [0.2, 0.25) is 0 Å². The molecule has 0 bridgehead atoms. The van der Waals surface area contributed by atoms with Crippen molar-refractivity contribution in [1.82, 2.24) is 15.0 Å². The summed E-state index contributed by atoms with van der Waals surface area (Å²) < 4.78 is 2.58. The van der Waals surface area contributed by atoms with Gasteiger partial charge >= 0.3 is 20.1 Å². The Morgan fingerprint density at radius 3 is 1.55 bits per heavy atom. The Labute approximate surface area is 379 Å². The van der Waals surface area contributed by atoms with E-state index in [0.29, 0.717) is 0 Å². The van der Waals surface area contributed by atoms with Crippen molar-refractivity contribution in [3.05, 3.63) is 237 Å². The second-order valence-electron chi connectivity index (χ2n) is 14.5. The first-order valence-electron chi connectivity index (χ1n) is 20.2. The number of fused-ring (bicyclic) bond motifs is 3. The Hall–Kier alpha value is -7.14. The second-order valence-corrected chi connectivity index (χ2v) is 15.5. The predicted octanol–water partition coefficient (Wildman–Crippen LogP) is 15.0. The summed E-state index contributed by atoms with van der Waals surface area (Å²) in [5, 5.41) is 2.61. The maximum absolute atomic E-state index is 4.78. The molecule has 0 aliphatic carbocycles. The van der Waals surface area contributed by atoms with E-state index < -0.39 is 0 Å². The van der Waals surface area contributed by atoms with Crippen LogP contribution in [0.1, 0.15) is 0 Å². The van der Waals surface area contributed by atoms with Gasteiger partial charge in [-0.05, 0) is 78.7 Å². The summed E-state index contributed by atoms with van der Waals surface area (Å²) in [6.07, 6.45) is 5.60. The number of benzene rings is 7. The van der Waals surface area contributed by atoms with Gasteiger partial charge in [0.1, 0.15) is 0 Å². The number of thiophene rings is 1. The molecule has 7 aromatic carbocycles. The molecule has 4 aromatic heterocycles. The zero-order chi connectivity index (χ0) is 40.8. The van der Waals surface area contributed by atoms with Crippen LogP contribution >= 0.6 is 11.3 Å². The van der Waals surface area contributed by atoms with Crippen LogP contribution in [0.25, 0.3) is 98.5 Å². The van der Waals surface area contributed by atoms with E-state index in [2.05, 4.69) is 162 Å². The van der Waals surface area contributed by atoms with Crippen molar-refractivity contribution >= 4 is 31.5 Å². The first-order valence-corrected chi connectivity index (χ1v) is 21.0. The van der Waals surface area contributed by atoms with Gasteiger partial charge in [-0.1, -0.05) is 144 Å². The second kappa shape index (κ2) is 18.6. The third kappa shape index (κ3) is 8.30. The van der Waals surface area contributed by atoms with E-state index in [1.165, 1.54) is 42.4 Å². The molecule has 11 rings (SSSR count). The topological polar surface area (TPSA) is 38.7 Å². The molecular weight excluding hydrogens is 951 g/mol. The van der Waals surface area contributed by atoms with Gasteiger partial charge in [-0.25, -0.2) is 0 Å². The molecule has 0 amide bonds. The van der Waals surface area contributed by atoms with Crippen molar-refractivity contribution in [1.29, 1.82) is 0 Å². The normalized spacial score (nSPS) is 10.8. The Kier molecular flexibility index (Phi) is 12.1. The van der Waals surface area contributed by atoms with Crippen molar-refractivity contribution in [2.24, 2.45) is 0 Å². The first-order chi connectivity index (χ1) is 30.3. The molecule has 0 unspecified atom stereocenters. The van der Waals surface area contributed by atoms with Crippen LogP contribution in [0.3, 0.4) is 0 Å². The van der Waals surface area contributed by atoms with Crippen LogP contribution in [0, 0.1) is 18.2 Å². The molecule has 62 heavy (non-hydrogen) atoms. The van der Waals surface area contributed by atoms with Crippen LogP contribution in [-0.2, 0) is 20.1 Å². The SMILES string of the molecule is [Ir+3].[c-]1cc(-c2ccccc2-c2ccccc2-c2ccccc2-c2ccc(-c3[c-]cccc3)nc2)ccc1-c1ccccn1.[c-]1ccc2c(sc3ccccc32)c1-c1ccccn1. The molecular formula is C57H36IrN3S. The Morgan fingerprint density at radius 2 is 0.935 bits per heavy atom. The summed E-state index contributed by atoms with van der Waals surface area (Å²) in [4.78, 5) is 13.7. The molecule has 5 heteroatoms. The van der Waals surface area contributed by atoms with Gasteiger partial charge in [0, 0.05) is 23.3 Å². The summed E-state index contributed by atoms with van der Waals surface area (Å²) in [6, 6.07) is 78.9. The summed E-state index contributed by atoms with van der Waals surface area (Å²) in [5.41, 5.74) is 15.1. The summed E-state index contributed by atoms with van der Waals surface area (Å²) >= 11 is 1.81. The molecule has 0 saturated carbocycles. The average Bonchev–Trinajstić information content (AvgIpc) is 3.74. The standard InChI is InChI=1S/C40H26N2.C17H10NS.Ir/c1-2-12-30(13-3-1)40-26-25-32(28-42-40)34-15-5-7-17-36(34)38-19-9-8-18-37(38)35-16-6-4-14-33(35)29-21-23-31(24-22-29)39-20-10-11-27-41-39;1-2-10-16-12(6-1)13-7-5-8-14(17(13)19-16)15-9-3-4-11-18-15;/h1-12,14-23,25-28H;1-7,9-11H;/q-2;-1;+3. The third-order valence-electron chi connectivity index (χ3n) is 10.7. The number of pyridine rings is 3. The van der Waals surface area contributed by atoms with Gasteiger partial charge in [-0.2, -0.15) is 11.3 Å². The fraction of sp³-hybridized carbons (Fsp3) is 0. The predicted molar refractivity (Wildman–Crippen MR) is 254 cm³/mol. The van der Waals surface area contributed by atoms with E-state index in [0.717, 1.165) is 56.0 Å². The fourth-order valence-electron chi connectivity index (χ4n) is 7.82. The molecule has 11 aromatic rings. The molecule has 0 radical (unpaired) electrons. The fourth-order valence-corrected chi connectivity index (χ4v) is 9.03. The summed E-state index contributed by atoms with van der Waals surface area (Å²) in [7, 11) is 0. The van der Waals surface area contributed by atoms with Gasteiger partial charge in [0.05, 0.1) is 0 Å². The van der Waals surface area contributed by atoms with E-state index >= 15 is 0 Å². The molecule has 0 saturated heterocycles. The minimum absolute atomic E-state index is 0. The van der Waals surface area contributed by atoms with E-state index in [4.69, 9.17) is 4.98 Å². The molecule has 3 nitrogen and oxygen atoms in total. The maximum Gasteiger partial charge on any atom is 3.00 e. The molecule has 0 atom stereocenters. The Morgan fingerprint density at radius 1 is 0.371 bits per heavy atom. The van der Waals surface area contributed by atoms with Crippen LogP contribution < -0.4 is 0 Å². The smallest absolute Gasteiger partial charge is 0.305 e. The van der Waals surface area contributed by atoms with Crippen LogP contribution in [0.5, 0.6) is 0 Å². The number of rotatable bonds is 7. The maximum atomic E-state index is 4.78. The summed E-state index contributed by atoms with van der Waals surface area (Å²) in [5.74, 6) is 0. The number of aromatic nitrogens is 3. The average molecular weight is 987 g/mol. The zero-order valence-corrected chi connectivity index (χ0v) is 36.6. The van der Waals surface area contributed by atoms with E-state index in [-0.39, 0.29) is 20.1 Å². The monoisotopic (exact) mass is 987 g/mol. The van der Waals surface area contributed by atoms with E-state index in [9.17, 15) is 0 Å². The minimum Gasteiger partial charge on any atom is -0.305 e. The van der Waals surface area contributed by atoms with Gasteiger partial charge in [-0.3, -0.25) is 0 Å². The molecule has 0 aliphatic heterocycles. The van der Waals surface area contributed by atoms with Crippen molar-refractivity contribution in [3.8, 4) is 78.3 Å². The van der Waals surface area contributed by atoms with Crippen molar-refractivity contribution in [2.45, 2.75) is 0 Å². The molecule has 0 N–H and O–H groups in total. The third-order valence-corrected chi connectivity index (χ3v) is 11.9. The quantitative estimate of drug-likeness (QED) is 0.149. The largest absolute Gasteiger partial charge is 3.00 e. The van der Waals surface area contributed by atoms with Crippen molar-refractivity contribution in [2.75, 3.05) is 0 Å². The molecule has 0 fully saturated rings. The van der Waals surface area contributed by atoms with E-state index in [1.807, 2.05) is 96.7 Å².